The smallest absolute Gasteiger partial charge is 0.306 e. The number of pyridine rings is 1. The summed E-state index contributed by atoms with van der Waals surface area (Å²) in [7, 11) is 1.33. The van der Waals surface area contributed by atoms with Crippen LogP contribution in [0.15, 0.2) is 97.1 Å². The van der Waals surface area contributed by atoms with Crippen molar-refractivity contribution in [2.45, 2.75) is 38.3 Å². The number of esters is 1. The highest BCUT2D eigenvalue weighted by molar-refractivity contribution is 6.30. The molecule has 2 amide bonds. The predicted molar refractivity (Wildman–Crippen MR) is 178 cm³/mol. The summed E-state index contributed by atoms with van der Waals surface area (Å²) in [5.74, 6) is -0.0627. The molecule has 10 heteroatoms. The maximum absolute atomic E-state index is 13.2. The quantitative estimate of drug-likeness (QED) is 0.121. The Labute approximate surface area is 273 Å². The molecule has 4 aromatic rings. The highest BCUT2D eigenvalue weighted by Crippen LogP contribution is 2.29. The van der Waals surface area contributed by atoms with Crippen molar-refractivity contribution >= 4 is 40.9 Å². The number of nitrogens with one attached hydrogen (secondary N) is 2. The molecule has 5 rings (SSSR count). The van der Waals surface area contributed by atoms with Crippen LogP contribution in [0.25, 0.3) is 0 Å². The molecule has 2 atom stereocenters. The Morgan fingerprint density at radius 3 is 2.35 bits per heavy atom. The van der Waals surface area contributed by atoms with Crippen molar-refractivity contribution in [3.05, 3.63) is 119 Å². The first-order chi connectivity index (χ1) is 22.4. The lowest BCUT2D eigenvalue weighted by atomic mass is 10.0. The second kappa shape index (κ2) is 15.9. The highest BCUT2D eigenvalue weighted by atomic mass is 35.5. The minimum absolute atomic E-state index is 0.0475. The van der Waals surface area contributed by atoms with E-state index < -0.39 is 11.9 Å². The Balaban J connectivity index is 1.16. The van der Waals surface area contributed by atoms with Crippen molar-refractivity contribution in [2.24, 2.45) is 5.92 Å². The van der Waals surface area contributed by atoms with E-state index in [4.69, 9.17) is 21.1 Å². The Kier molecular flexibility index (Phi) is 11.2. The number of ether oxygens (including phenoxy) is 2. The number of halogens is 1. The van der Waals surface area contributed by atoms with Gasteiger partial charge in [0.25, 0.3) is 5.91 Å². The average molecular weight is 641 g/mol. The highest BCUT2D eigenvalue weighted by Gasteiger charge is 2.40. The average Bonchev–Trinajstić information content (AvgIpc) is 3.36. The van der Waals surface area contributed by atoms with Crippen LogP contribution in [0.2, 0.25) is 5.15 Å². The van der Waals surface area contributed by atoms with Gasteiger partial charge in [-0.2, -0.15) is 0 Å². The Morgan fingerprint density at radius 1 is 0.957 bits per heavy atom. The van der Waals surface area contributed by atoms with E-state index in [2.05, 4.69) is 27.8 Å². The van der Waals surface area contributed by atoms with Crippen molar-refractivity contribution < 1.29 is 23.9 Å². The Hall–Kier alpha value is -4.89. The predicted octanol–water partition coefficient (Wildman–Crippen LogP) is 6.39. The van der Waals surface area contributed by atoms with E-state index in [-0.39, 0.29) is 36.0 Å². The zero-order valence-electron chi connectivity index (χ0n) is 25.7. The summed E-state index contributed by atoms with van der Waals surface area (Å²) in [6.07, 6.45) is 2.21. The van der Waals surface area contributed by atoms with Crippen molar-refractivity contribution in [1.29, 1.82) is 0 Å². The number of carbonyl (C=O) groups excluding carboxylic acids is 3. The number of likely N-dealkylation sites (tertiary alicyclic amines) is 1. The molecule has 0 spiro atoms. The summed E-state index contributed by atoms with van der Waals surface area (Å²) in [6, 6.07) is 30.0. The van der Waals surface area contributed by atoms with E-state index in [1.54, 1.807) is 36.4 Å². The van der Waals surface area contributed by atoms with E-state index in [0.29, 0.717) is 42.3 Å². The van der Waals surface area contributed by atoms with Crippen LogP contribution in [-0.2, 0) is 27.3 Å². The number of hydrogen-bond acceptors (Lipinski definition) is 7. The number of aryl methyl sites for hydroxylation is 1. The van der Waals surface area contributed by atoms with Gasteiger partial charge >= 0.3 is 5.97 Å². The minimum Gasteiger partial charge on any atom is -0.491 e. The molecule has 9 nitrogen and oxygen atoms in total. The number of hydrogen-bond donors (Lipinski definition) is 2. The van der Waals surface area contributed by atoms with Gasteiger partial charge in [-0.1, -0.05) is 72.3 Å². The first-order valence-electron chi connectivity index (χ1n) is 15.3. The van der Waals surface area contributed by atoms with Crippen molar-refractivity contribution in [1.82, 2.24) is 9.88 Å². The summed E-state index contributed by atoms with van der Waals surface area (Å²) >= 11 is 6.22. The van der Waals surface area contributed by atoms with Gasteiger partial charge in [-0.05, 0) is 60.7 Å². The van der Waals surface area contributed by atoms with Gasteiger partial charge in [0, 0.05) is 30.4 Å². The standard InChI is InChI=1S/C36H37ClN4O5/c1-45-34(42)20-28-19-30(41(36(28)44)18-8-13-25-9-4-2-5-10-25)24-46-31-16-14-27(15-17-31)35(43)39-29-21-32(37)40-33(22-29)38-23-26-11-6-3-7-12-26/h2-7,9-12,14-17,21-22,28,30H,8,13,18-20,23-24H2,1H3,(H2,38,39,40,43)/t28-,30-/m0/s1. The van der Waals surface area contributed by atoms with Crippen molar-refractivity contribution in [2.75, 3.05) is 30.9 Å². The summed E-state index contributed by atoms with van der Waals surface area (Å²) in [5, 5.41) is 6.36. The number of rotatable bonds is 14. The van der Waals surface area contributed by atoms with Crippen LogP contribution in [0, 0.1) is 5.92 Å². The van der Waals surface area contributed by atoms with Crippen LogP contribution < -0.4 is 15.4 Å². The van der Waals surface area contributed by atoms with Crippen LogP contribution in [0.4, 0.5) is 11.5 Å². The molecule has 1 saturated heterocycles. The molecule has 1 aliphatic rings. The second-order valence-electron chi connectivity index (χ2n) is 11.2. The number of nitrogens with zero attached hydrogens (tertiary/aromatic N) is 2. The molecule has 0 unspecified atom stereocenters. The van der Waals surface area contributed by atoms with Gasteiger partial charge in [-0.3, -0.25) is 14.4 Å². The van der Waals surface area contributed by atoms with E-state index in [9.17, 15) is 14.4 Å². The zero-order valence-corrected chi connectivity index (χ0v) is 26.4. The molecule has 1 aliphatic heterocycles. The van der Waals surface area contributed by atoms with Crippen molar-refractivity contribution in [3.63, 3.8) is 0 Å². The molecule has 1 aromatic heterocycles. The normalized spacial score (nSPS) is 15.8. The largest absolute Gasteiger partial charge is 0.491 e. The molecular formula is C36H37ClN4O5. The number of benzene rings is 3. The molecule has 238 valence electrons. The lowest BCUT2D eigenvalue weighted by Crippen LogP contribution is -2.38. The summed E-state index contributed by atoms with van der Waals surface area (Å²) in [5.41, 5.74) is 3.26. The summed E-state index contributed by atoms with van der Waals surface area (Å²) < 4.78 is 10.9. The number of carbonyl (C=O) groups is 3. The first-order valence-corrected chi connectivity index (χ1v) is 15.7. The van der Waals surface area contributed by atoms with Crippen LogP contribution in [-0.4, -0.2) is 54.0 Å². The monoisotopic (exact) mass is 640 g/mol. The van der Waals surface area contributed by atoms with Crippen LogP contribution in [0.1, 0.15) is 40.7 Å². The third kappa shape index (κ3) is 9.08. The number of anilines is 2. The van der Waals surface area contributed by atoms with Crippen LogP contribution in [0.3, 0.4) is 0 Å². The summed E-state index contributed by atoms with van der Waals surface area (Å²) in [4.78, 5) is 44.3. The lowest BCUT2D eigenvalue weighted by molar-refractivity contribution is -0.144. The molecule has 0 saturated carbocycles. The lowest BCUT2D eigenvalue weighted by Gasteiger charge is -2.25. The van der Waals surface area contributed by atoms with Gasteiger partial charge in [-0.25, -0.2) is 4.98 Å². The molecule has 2 N–H and O–H groups in total. The fourth-order valence-electron chi connectivity index (χ4n) is 5.52. The van der Waals surface area contributed by atoms with E-state index >= 15 is 0 Å². The van der Waals surface area contributed by atoms with E-state index in [1.165, 1.54) is 12.7 Å². The SMILES string of the molecule is COC(=O)C[C@@H]1C[C@@H](COc2ccc(C(=O)Nc3cc(Cl)nc(NCc4ccccc4)c3)cc2)N(CCCc2ccccc2)C1=O. The number of methoxy groups -OCH3 is 1. The second-order valence-corrected chi connectivity index (χ2v) is 11.6. The fraction of sp³-hybridized carbons (Fsp3) is 0.278. The summed E-state index contributed by atoms with van der Waals surface area (Å²) in [6.45, 7) is 1.41. The van der Waals surface area contributed by atoms with E-state index in [1.807, 2.05) is 53.4 Å². The Bertz CT molecular complexity index is 1620. The number of amides is 2. The number of aromatic nitrogens is 1. The van der Waals surface area contributed by atoms with Crippen molar-refractivity contribution in [3.8, 4) is 5.75 Å². The van der Waals surface area contributed by atoms with Gasteiger partial charge < -0.3 is 25.0 Å². The fourth-order valence-corrected chi connectivity index (χ4v) is 5.73. The third-order valence-electron chi connectivity index (χ3n) is 7.91. The molecule has 0 aliphatic carbocycles. The molecular weight excluding hydrogens is 604 g/mol. The topological polar surface area (TPSA) is 110 Å². The van der Waals surface area contributed by atoms with E-state index in [0.717, 1.165) is 18.4 Å². The van der Waals surface area contributed by atoms with Gasteiger partial charge in [0.15, 0.2) is 0 Å². The van der Waals surface area contributed by atoms with Gasteiger partial charge in [0.1, 0.15) is 23.3 Å². The van der Waals surface area contributed by atoms with Gasteiger partial charge in [-0.15, -0.1) is 0 Å². The molecule has 3 aromatic carbocycles. The maximum atomic E-state index is 13.2. The molecule has 0 radical (unpaired) electrons. The van der Waals surface area contributed by atoms with Crippen LogP contribution in [0.5, 0.6) is 5.75 Å². The van der Waals surface area contributed by atoms with Gasteiger partial charge in [0.2, 0.25) is 5.91 Å². The maximum Gasteiger partial charge on any atom is 0.306 e. The molecule has 1 fully saturated rings. The molecule has 2 heterocycles. The minimum atomic E-state index is -0.431. The Morgan fingerprint density at radius 2 is 1.65 bits per heavy atom. The van der Waals surface area contributed by atoms with Crippen LogP contribution >= 0.6 is 11.6 Å². The zero-order chi connectivity index (χ0) is 32.3. The van der Waals surface area contributed by atoms with Gasteiger partial charge in [0.05, 0.1) is 25.5 Å². The molecule has 46 heavy (non-hydrogen) atoms. The molecule has 0 bridgehead atoms. The first kappa shape index (κ1) is 32.5. The third-order valence-corrected chi connectivity index (χ3v) is 8.10.